The molecule has 0 saturated heterocycles. The molecule has 15 heteroatoms. The highest BCUT2D eigenvalue weighted by Gasteiger charge is 2.44. The van der Waals surface area contributed by atoms with Crippen LogP contribution in [0, 0.1) is 5.92 Å². The Morgan fingerprint density at radius 3 is 1.94 bits per heavy atom. The van der Waals surface area contributed by atoms with E-state index in [1.54, 1.807) is 44.4 Å². The number of aliphatic hydroxyl groups excluding tert-OH is 1. The molecule has 0 heterocycles. The molecule has 0 radical (unpaired) electrons. The molecule has 0 aliphatic rings. The molecular weight excluding hydrogens is 639 g/mol. The number of benzene rings is 2. The van der Waals surface area contributed by atoms with Crippen LogP contribution >= 0.6 is 11.8 Å². The summed E-state index contributed by atoms with van der Waals surface area (Å²) in [4.78, 5) is 63.4. The Labute approximate surface area is 276 Å². The lowest BCUT2D eigenvalue weighted by Gasteiger charge is -2.28. The fourth-order valence-electron chi connectivity index (χ4n) is 4.49. The fourth-order valence-corrected chi connectivity index (χ4v) is 4.96. The standard InChI is InChI=1S/C32H42F3N5O6S/c1-18(2)26(40-29(44)22-12-10-21(11-13-22)20-8-6-5-7-9-20)31(46)39-24(16-17-47-4)30(45)37-19(3)28(43)38-23(14-15-25(36)41)27(42)32(33,34)35/h5-13,18-19,23-24,26-27,42H,14-17H2,1-4H3,(H2,36,41)(H,37,45)(H,38,43)(H,39,46)(H,40,44). The predicted octanol–water partition coefficient (Wildman–Crippen LogP) is 2.52. The van der Waals surface area contributed by atoms with Crippen molar-refractivity contribution in [2.75, 3.05) is 12.0 Å². The molecule has 0 fully saturated rings. The molecular formula is C32H42F3N5O6S. The fraction of sp³-hybridized carbons (Fsp3) is 0.469. The van der Waals surface area contributed by atoms with Gasteiger partial charge in [-0.3, -0.25) is 24.0 Å². The van der Waals surface area contributed by atoms with Gasteiger partial charge in [0.25, 0.3) is 5.91 Å². The quantitative estimate of drug-likeness (QED) is 0.149. The molecule has 5 unspecified atom stereocenters. The van der Waals surface area contributed by atoms with Crippen molar-refractivity contribution in [1.29, 1.82) is 0 Å². The Kier molecular flexibility index (Phi) is 15.2. The van der Waals surface area contributed by atoms with Gasteiger partial charge in [0.05, 0.1) is 6.04 Å². The summed E-state index contributed by atoms with van der Waals surface area (Å²) in [5.74, 6) is -3.87. The van der Waals surface area contributed by atoms with Gasteiger partial charge in [0, 0.05) is 12.0 Å². The molecule has 0 spiro atoms. The second-order valence-corrected chi connectivity index (χ2v) is 12.3. The number of aliphatic hydroxyl groups is 1. The third kappa shape index (κ3) is 12.5. The Hall–Kier alpha value is -4.11. The van der Waals surface area contributed by atoms with Crippen molar-refractivity contribution in [3.05, 3.63) is 60.2 Å². The molecule has 2 aromatic rings. The Morgan fingerprint density at radius 1 is 0.809 bits per heavy atom. The lowest BCUT2D eigenvalue weighted by molar-refractivity contribution is -0.212. The monoisotopic (exact) mass is 681 g/mol. The van der Waals surface area contributed by atoms with E-state index < -0.39 is 78.8 Å². The van der Waals surface area contributed by atoms with Gasteiger partial charge in [-0.05, 0) is 61.0 Å². The number of alkyl halides is 3. The number of carbonyl (C=O) groups excluding carboxylic acids is 5. The van der Waals surface area contributed by atoms with Crippen molar-refractivity contribution >= 4 is 41.3 Å². The maximum absolute atomic E-state index is 13.4. The average molecular weight is 682 g/mol. The van der Waals surface area contributed by atoms with E-state index in [9.17, 15) is 42.3 Å². The smallest absolute Gasteiger partial charge is 0.382 e. The first-order valence-electron chi connectivity index (χ1n) is 14.9. The number of rotatable bonds is 17. The van der Waals surface area contributed by atoms with Crippen molar-refractivity contribution in [2.45, 2.75) is 76.5 Å². The van der Waals surface area contributed by atoms with Gasteiger partial charge in [-0.15, -0.1) is 0 Å². The van der Waals surface area contributed by atoms with Crippen LogP contribution in [0.25, 0.3) is 11.1 Å². The molecule has 2 aromatic carbocycles. The Bertz CT molecular complexity index is 1360. The maximum atomic E-state index is 13.4. The topological polar surface area (TPSA) is 180 Å². The number of hydrogen-bond acceptors (Lipinski definition) is 7. The first-order valence-corrected chi connectivity index (χ1v) is 16.3. The van der Waals surface area contributed by atoms with E-state index in [1.807, 2.05) is 35.6 Å². The average Bonchev–Trinajstić information content (AvgIpc) is 3.02. The van der Waals surface area contributed by atoms with Crippen LogP contribution in [0.2, 0.25) is 0 Å². The van der Waals surface area contributed by atoms with Gasteiger partial charge in [0.1, 0.15) is 18.1 Å². The minimum Gasteiger partial charge on any atom is -0.382 e. The van der Waals surface area contributed by atoms with Crippen LogP contribution < -0.4 is 27.0 Å². The first-order chi connectivity index (χ1) is 22.0. The third-order valence-electron chi connectivity index (χ3n) is 7.23. The molecule has 5 atom stereocenters. The minimum absolute atomic E-state index is 0.140. The predicted molar refractivity (Wildman–Crippen MR) is 173 cm³/mol. The summed E-state index contributed by atoms with van der Waals surface area (Å²) in [7, 11) is 0. The van der Waals surface area contributed by atoms with E-state index in [4.69, 9.17) is 5.73 Å². The van der Waals surface area contributed by atoms with Gasteiger partial charge in [0.2, 0.25) is 23.6 Å². The van der Waals surface area contributed by atoms with Gasteiger partial charge in [-0.1, -0.05) is 56.3 Å². The molecule has 5 amide bonds. The zero-order chi connectivity index (χ0) is 35.3. The van der Waals surface area contributed by atoms with E-state index in [2.05, 4.69) is 16.0 Å². The number of halogens is 3. The van der Waals surface area contributed by atoms with Crippen molar-refractivity contribution < 1.29 is 42.3 Å². The molecule has 47 heavy (non-hydrogen) atoms. The van der Waals surface area contributed by atoms with E-state index in [-0.39, 0.29) is 12.3 Å². The molecule has 0 aliphatic carbocycles. The van der Waals surface area contributed by atoms with Crippen molar-refractivity contribution in [2.24, 2.45) is 11.7 Å². The summed E-state index contributed by atoms with van der Waals surface area (Å²) in [6, 6.07) is 11.0. The van der Waals surface area contributed by atoms with Crippen LogP contribution in [0.4, 0.5) is 13.2 Å². The summed E-state index contributed by atoms with van der Waals surface area (Å²) in [6.07, 6.45) is -7.27. The van der Waals surface area contributed by atoms with Crippen LogP contribution in [-0.2, 0) is 19.2 Å². The zero-order valence-corrected chi connectivity index (χ0v) is 27.4. The summed E-state index contributed by atoms with van der Waals surface area (Å²) < 4.78 is 39.5. The van der Waals surface area contributed by atoms with Crippen LogP contribution in [0.15, 0.2) is 54.6 Å². The summed E-state index contributed by atoms with van der Waals surface area (Å²) >= 11 is 1.39. The molecule has 2 rings (SSSR count). The van der Waals surface area contributed by atoms with Gasteiger partial charge in [0.15, 0.2) is 6.10 Å². The second kappa shape index (κ2) is 18.3. The molecule has 258 valence electrons. The first kappa shape index (κ1) is 39.1. The van der Waals surface area contributed by atoms with Crippen LogP contribution in [0.1, 0.15) is 50.4 Å². The number of primary amides is 1. The highest BCUT2D eigenvalue weighted by molar-refractivity contribution is 7.98. The minimum atomic E-state index is -5.09. The van der Waals surface area contributed by atoms with E-state index in [0.717, 1.165) is 11.1 Å². The van der Waals surface area contributed by atoms with Crippen molar-refractivity contribution in [3.8, 4) is 11.1 Å². The number of nitrogens with one attached hydrogen (secondary N) is 4. The largest absolute Gasteiger partial charge is 0.416 e. The lowest BCUT2D eigenvalue weighted by atomic mass is 10.0. The van der Waals surface area contributed by atoms with Crippen LogP contribution in [-0.4, -0.2) is 83.1 Å². The van der Waals surface area contributed by atoms with Gasteiger partial charge < -0.3 is 32.1 Å². The number of amides is 5. The molecule has 11 nitrogen and oxygen atoms in total. The van der Waals surface area contributed by atoms with Crippen LogP contribution in [0.5, 0.6) is 0 Å². The highest BCUT2D eigenvalue weighted by atomic mass is 32.2. The maximum Gasteiger partial charge on any atom is 0.416 e. The molecule has 0 saturated carbocycles. The summed E-state index contributed by atoms with van der Waals surface area (Å²) in [5, 5.41) is 19.4. The molecule has 7 N–H and O–H groups in total. The SMILES string of the molecule is CSCCC(NC(=O)C(NC(=O)c1ccc(-c2ccccc2)cc1)C(C)C)C(=O)NC(C)C(=O)NC(CCC(N)=O)C(O)C(F)(F)F. The lowest BCUT2D eigenvalue weighted by Crippen LogP contribution is -2.58. The molecule has 0 aromatic heterocycles. The Morgan fingerprint density at radius 2 is 1.40 bits per heavy atom. The highest BCUT2D eigenvalue weighted by Crippen LogP contribution is 2.24. The molecule has 0 bridgehead atoms. The van der Waals surface area contributed by atoms with Crippen LogP contribution in [0.3, 0.4) is 0 Å². The number of hydrogen-bond donors (Lipinski definition) is 6. The van der Waals surface area contributed by atoms with E-state index >= 15 is 0 Å². The summed E-state index contributed by atoms with van der Waals surface area (Å²) in [6.45, 7) is 4.65. The Balaban J connectivity index is 2.11. The third-order valence-corrected chi connectivity index (χ3v) is 7.88. The number of thioether (sulfide) groups is 1. The number of carbonyl (C=O) groups is 5. The van der Waals surface area contributed by atoms with Crippen molar-refractivity contribution in [1.82, 2.24) is 21.3 Å². The molecule has 0 aliphatic heterocycles. The van der Waals surface area contributed by atoms with E-state index in [1.165, 1.54) is 18.7 Å². The van der Waals surface area contributed by atoms with Crippen molar-refractivity contribution in [3.63, 3.8) is 0 Å². The number of nitrogens with two attached hydrogens (primary N) is 1. The van der Waals surface area contributed by atoms with Gasteiger partial charge >= 0.3 is 6.18 Å². The normalized spacial score (nSPS) is 14.7. The van der Waals surface area contributed by atoms with Gasteiger partial charge in [-0.25, -0.2) is 0 Å². The van der Waals surface area contributed by atoms with Gasteiger partial charge in [-0.2, -0.15) is 24.9 Å². The van der Waals surface area contributed by atoms with E-state index in [0.29, 0.717) is 11.3 Å². The second-order valence-electron chi connectivity index (χ2n) is 11.3. The zero-order valence-electron chi connectivity index (χ0n) is 26.6. The summed E-state index contributed by atoms with van der Waals surface area (Å²) in [5.41, 5.74) is 7.21.